The zero-order valence-electron chi connectivity index (χ0n) is 10.7. The van der Waals surface area contributed by atoms with Crippen LogP contribution in [0.5, 0.6) is 0 Å². The minimum atomic E-state index is -0.119. The van der Waals surface area contributed by atoms with E-state index in [1.54, 1.807) is 0 Å². The lowest BCUT2D eigenvalue weighted by Gasteiger charge is -2.45. The molecule has 1 unspecified atom stereocenters. The maximum atomic E-state index is 5.58. The first kappa shape index (κ1) is 12.5. The van der Waals surface area contributed by atoms with E-state index in [9.17, 15) is 0 Å². The lowest BCUT2D eigenvalue weighted by atomic mass is 9.84. The third-order valence-corrected chi connectivity index (χ3v) is 3.36. The molecule has 0 saturated carbocycles. The van der Waals surface area contributed by atoms with Crippen LogP contribution in [0.4, 0.5) is 0 Å². The summed E-state index contributed by atoms with van der Waals surface area (Å²) in [6, 6.07) is 0.527. The van der Waals surface area contributed by atoms with Gasteiger partial charge in [-0.05, 0) is 19.3 Å². The van der Waals surface area contributed by atoms with Crippen LogP contribution in [0.25, 0.3) is 0 Å². The molecule has 0 radical (unpaired) electrons. The first-order chi connectivity index (χ1) is 6.77. The Kier molecular flexibility index (Phi) is 3.48. The van der Waals surface area contributed by atoms with Crippen molar-refractivity contribution < 1.29 is 0 Å². The molecule has 2 nitrogen and oxygen atoms in total. The Labute approximate surface area is 94.4 Å². The van der Waals surface area contributed by atoms with Crippen molar-refractivity contribution in [1.29, 1.82) is 0 Å². The molecule has 1 fully saturated rings. The van der Waals surface area contributed by atoms with Gasteiger partial charge in [0.25, 0.3) is 0 Å². The molecule has 0 bridgehead atoms. The highest BCUT2D eigenvalue weighted by molar-refractivity contribution is 5.10. The fourth-order valence-electron chi connectivity index (χ4n) is 1.93. The third kappa shape index (κ3) is 2.96. The lowest BCUT2D eigenvalue weighted by molar-refractivity contribution is 0.0827. The molecule has 1 heterocycles. The van der Waals surface area contributed by atoms with E-state index in [1.165, 1.54) is 0 Å². The van der Waals surface area contributed by atoms with Gasteiger partial charge in [0.15, 0.2) is 0 Å². The lowest BCUT2D eigenvalue weighted by Crippen LogP contribution is -2.60. The van der Waals surface area contributed by atoms with E-state index in [2.05, 4.69) is 50.8 Å². The second-order valence-corrected chi connectivity index (χ2v) is 6.02. The van der Waals surface area contributed by atoms with Crippen molar-refractivity contribution in [2.45, 2.75) is 46.2 Å². The van der Waals surface area contributed by atoms with Crippen LogP contribution in [-0.2, 0) is 0 Å². The van der Waals surface area contributed by atoms with Gasteiger partial charge in [0.2, 0.25) is 0 Å². The van der Waals surface area contributed by atoms with Gasteiger partial charge >= 0.3 is 0 Å². The zero-order chi connectivity index (χ0) is 11.7. The normalized spacial score (nSPS) is 24.9. The van der Waals surface area contributed by atoms with Gasteiger partial charge in [-0.3, -0.25) is 4.90 Å². The molecule has 1 aliphatic heterocycles. The summed E-state index contributed by atoms with van der Waals surface area (Å²) in [6.07, 6.45) is 5.58. The van der Waals surface area contributed by atoms with E-state index in [0.717, 1.165) is 19.6 Å². The van der Waals surface area contributed by atoms with Gasteiger partial charge in [0, 0.05) is 25.7 Å². The monoisotopic (exact) mass is 208 g/mol. The quantitative estimate of drug-likeness (QED) is 0.660. The number of nitrogens with zero attached hydrogens (tertiary/aromatic N) is 1. The number of hydrogen-bond acceptors (Lipinski definition) is 2. The van der Waals surface area contributed by atoms with Gasteiger partial charge in [-0.25, -0.2) is 0 Å². The summed E-state index contributed by atoms with van der Waals surface area (Å²) in [4.78, 5) is 2.40. The van der Waals surface area contributed by atoms with E-state index in [0.29, 0.717) is 11.5 Å². The molecule has 0 aromatic carbocycles. The Bertz CT molecular complexity index is 255. The molecule has 0 aliphatic carbocycles. The van der Waals surface area contributed by atoms with Gasteiger partial charge in [0.05, 0.1) is 5.54 Å². The number of rotatable bonds is 1. The van der Waals surface area contributed by atoms with Crippen LogP contribution >= 0.6 is 0 Å². The molecule has 2 heteroatoms. The summed E-state index contributed by atoms with van der Waals surface area (Å²) in [5.74, 6) is 2.88. The summed E-state index contributed by atoms with van der Waals surface area (Å²) in [6.45, 7) is 14.2. The molecule has 1 rings (SSSR count). The van der Waals surface area contributed by atoms with Crippen molar-refractivity contribution in [3.63, 3.8) is 0 Å². The molecule has 1 atom stereocenters. The minimum Gasteiger partial charge on any atom is -0.311 e. The summed E-state index contributed by atoms with van der Waals surface area (Å²) < 4.78 is 0. The fourth-order valence-corrected chi connectivity index (χ4v) is 1.93. The van der Waals surface area contributed by atoms with Gasteiger partial charge in [0.1, 0.15) is 0 Å². The first-order valence-electron chi connectivity index (χ1n) is 5.73. The molecule has 0 aromatic heterocycles. The van der Waals surface area contributed by atoms with Crippen molar-refractivity contribution in [3.8, 4) is 12.3 Å². The van der Waals surface area contributed by atoms with E-state index < -0.39 is 0 Å². The molecule has 1 N–H and O–H groups in total. The SMILES string of the molecule is C#CC(C)(C)N1CCNC(C(C)(C)C)C1. The van der Waals surface area contributed by atoms with Crippen molar-refractivity contribution in [2.24, 2.45) is 5.41 Å². The highest BCUT2D eigenvalue weighted by atomic mass is 15.2. The van der Waals surface area contributed by atoms with Gasteiger partial charge in [-0.1, -0.05) is 26.7 Å². The Morgan fingerprint density at radius 2 is 1.87 bits per heavy atom. The predicted molar refractivity (Wildman–Crippen MR) is 65.7 cm³/mol. The molecule has 1 aliphatic rings. The van der Waals surface area contributed by atoms with Crippen LogP contribution in [-0.4, -0.2) is 36.1 Å². The van der Waals surface area contributed by atoms with Crippen LogP contribution in [0, 0.1) is 17.8 Å². The Balaban J connectivity index is 2.70. The third-order valence-electron chi connectivity index (χ3n) is 3.36. The van der Waals surface area contributed by atoms with Gasteiger partial charge in [-0.15, -0.1) is 6.42 Å². The van der Waals surface area contributed by atoms with Crippen molar-refractivity contribution >= 4 is 0 Å². The average molecular weight is 208 g/mol. The van der Waals surface area contributed by atoms with E-state index >= 15 is 0 Å². The zero-order valence-corrected chi connectivity index (χ0v) is 10.7. The average Bonchev–Trinajstić information content (AvgIpc) is 2.17. The summed E-state index contributed by atoms with van der Waals surface area (Å²) >= 11 is 0. The summed E-state index contributed by atoms with van der Waals surface area (Å²) in [5.41, 5.74) is 0.176. The Morgan fingerprint density at radius 3 is 2.33 bits per heavy atom. The molecule has 86 valence electrons. The number of nitrogens with one attached hydrogen (secondary N) is 1. The molecule has 0 spiro atoms. The van der Waals surface area contributed by atoms with Crippen LogP contribution in [0.3, 0.4) is 0 Å². The second-order valence-electron chi connectivity index (χ2n) is 6.02. The summed E-state index contributed by atoms with van der Waals surface area (Å²) in [7, 11) is 0. The standard InChI is InChI=1S/C13H24N2/c1-7-13(5,6)15-9-8-14-11(10-15)12(2,3)4/h1,11,14H,8-10H2,2-6H3. The molecule has 15 heavy (non-hydrogen) atoms. The highest BCUT2D eigenvalue weighted by Gasteiger charge is 2.34. The van der Waals surface area contributed by atoms with Gasteiger partial charge < -0.3 is 5.32 Å². The maximum Gasteiger partial charge on any atom is 0.0767 e. The van der Waals surface area contributed by atoms with E-state index in [-0.39, 0.29) is 5.54 Å². The first-order valence-corrected chi connectivity index (χ1v) is 5.73. The highest BCUT2D eigenvalue weighted by Crippen LogP contribution is 2.25. The fraction of sp³-hybridized carbons (Fsp3) is 0.846. The molecule has 1 saturated heterocycles. The molecular weight excluding hydrogens is 184 g/mol. The van der Waals surface area contributed by atoms with Crippen molar-refractivity contribution in [2.75, 3.05) is 19.6 Å². The Hall–Kier alpha value is -0.520. The van der Waals surface area contributed by atoms with Crippen LogP contribution in [0.2, 0.25) is 0 Å². The number of piperazine rings is 1. The van der Waals surface area contributed by atoms with Crippen LogP contribution < -0.4 is 5.32 Å². The topological polar surface area (TPSA) is 15.3 Å². The van der Waals surface area contributed by atoms with E-state index in [4.69, 9.17) is 6.42 Å². The van der Waals surface area contributed by atoms with E-state index in [1.807, 2.05) is 0 Å². The maximum absolute atomic E-state index is 5.58. The number of terminal acetylenes is 1. The van der Waals surface area contributed by atoms with Crippen LogP contribution in [0.1, 0.15) is 34.6 Å². The molecular formula is C13H24N2. The van der Waals surface area contributed by atoms with Crippen molar-refractivity contribution in [3.05, 3.63) is 0 Å². The largest absolute Gasteiger partial charge is 0.311 e. The second kappa shape index (κ2) is 4.15. The van der Waals surface area contributed by atoms with Crippen molar-refractivity contribution in [1.82, 2.24) is 10.2 Å². The molecule has 0 amide bonds. The Morgan fingerprint density at radius 1 is 1.27 bits per heavy atom. The van der Waals surface area contributed by atoms with Gasteiger partial charge in [-0.2, -0.15) is 0 Å². The number of hydrogen-bond donors (Lipinski definition) is 1. The minimum absolute atomic E-state index is 0.119. The summed E-state index contributed by atoms with van der Waals surface area (Å²) in [5, 5.41) is 3.57. The van der Waals surface area contributed by atoms with Crippen LogP contribution in [0.15, 0.2) is 0 Å². The molecule has 0 aromatic rings. The predicted octanol–water partition coefficient (Wildman–Crippen LogP) is 1.72. The smallest absolute Gasteiger partial charge is 0.0767 e.